The van der Waals surface area contributed by atoms with Crippen molar-refractivity contribution in [3.8, 4) is 0 Å². The molecule has 0 spiro atoms. The van der Waals surface area contributed by atoms with Gasteiger partial charge in [-0.1, -0.05) is 44.4 Å². The molecular weight excluding hydrogens is 394 g/mol. The van der Waals surface area contributed by atoms with Crippen molar-refractivity contribution in [3.05, 3.63) is 59.7 Å². The number of amides is 2. The number of nitrogens with one attached hydrogen (secondary N) is 1. The number of unbranched alkanes of at least 4 members (excludes halogenated alkanes) is 3. The molecule has 1 aliphatic heterocycles. The van der Waals surface area contributed by atoms with Gasteiger partial charge in [0, 0.05) is 23.7 Å². The van der Waals surface area contributed by atoms with Crippen molar-refractivity contribution in [1.29, 1.82) is 0 Å². The van der Waals surface area contributed by atoms with Gasteiger partial charge in [0.25, 0.3) is 0 Å². The van der Waals surface area contributed by atoms with Gasteiger partial charge in [0.1, 0.15) is 17.0 Å². The van der Waals surface area contributed by atoms with E-state index in [-0.39, 0.29) is 23.3 Å². The Morgan fingerprint density at radius 3 is 2.76 bits per heavy atom. The van der Waals surface area contributed by atoms with Crippen molar-refractivity contribution in [2.45, 2.75) is 44.4 Å². The third kappa shape index (κ3) is 5.15. The molecule has 154 valence electrons. The van der Waals surface area contributed by atoms with E-state index in [1.165, 1.54) is 16.7 Å². The monoisotopic (exact) mass is 418 g/mol. The SMILES string of the molecule is CCCCCCC(=O)Nc1ccccc1[C@@H]1SCC(=O)N1c1cc(F)ccc1F. The van der Waals surface area contributed by atoms with Gasteiger partial charge in [0.15, 0.2) is 0 Å². The van der Waals surface area contributed by atoms with Crippen LogP contribution in [-0.2, 0) is 9.59 Å². The Labute approximate surface area is 173 Å². The number of nitrogens with zero attached hydrogens (tertiary/aromatic N) is 1. The normalized spacial score (nSPS) is 16.3. The summed E-state index contributed by atoms with van der Waals surface area (Å²) >= 11 is 1.32. The Hall–Kier alpha value is -2.41. The molecule has 0 bridgehead atoms. The molecule has 1 atom stereocenters. The number of benzene rings is 2. The second-order valence-corrected chi connectivity index (χ2v) is 8.04. The molecule has 2 aromatic rings. The number of carbonyl (C=O) groups is 2. The Balaban J connectivity index is 1.83. The first-order chi connectivity index (χ1) is 14.0. The molecule has 1 saturated heterocycles. The maximum absolute atomic E-state index is 14.4. The molecule has 29 heavy (non-hydrogen) atoms. The molecule has 1 heterocycles. The van der Waals surface area contributed by atoms with Crippen LogP contribution in [0.25, 0.3) is 0 Å². The fourth-order valence-electron chi connectivity index (χ4n) is 3.34. The maximum Gasteiger partial charge on any atom is 0.238 e. The van der Waals surface area contributed by atoms with Crippen molar-refractivity contribution >= 4 is 35.0 Å². The summed E-state index contributed by atoms with van der Waals surface area (Å²) in [5.74, 6) is -1.51. The van der Waals surface area contributed by atoms with Crippen LogP contribution >= 0.6 is 11.8 Å². The standard InChI is InChI=1S/C22H24F2N2O2S/c1-2-3-4-5-10-20(27)25-18-9-7-6-8-16(18)22-26(21(28)14-29-22)19-13-15(23)11-12-17(19)24/h6-9,11-13,22H,2-5,10,14H2,1H3,(H,25,27)/t22-/m0/s1. The van der Waals surface area contributed by atoms with Crippen LogP contribution in [-0.4, -0.2) is 17.6 Å². The highest BCUT2D eigenvalue weighted by atomic mass is 32.2. The summed E-state index contributed by atoms with van der Waals surface area (Å²) in [5, 5.41) is 2.37. The van der Waals surface area contributed by atoms with E-state index < -0.39 is 17.0 Å². The number of para-hydroxylation sites is 1. The minimum absolute atomic E-state index is 0.0913. The van der Waals surface area contributed by atoms with Gasteiger partial charge in [0.2, 0.25) is 11.8 Å². The average Bonchev–Trinajstić information content (AvgIpc) is 3.08. The maximum atomic E-state index is 14.4. The lowest BCUT2D eigenvalue weighted by atomic mass is 10.1. The lowest BCUT2D eigenvalue weighted by molar-refractivity contribution is -0.116. The molecule has 7 heteroatoms. The van der Waals surface area contributed by atoms with Crippen LogP contribution in [0.15, 0.2) is 42.5 Å². The summed E-state index contributed by atoms with van der Waals surface area (Å²) in [6, 6.07) is 10.2. The van der Waals surface area contributed by atoms with E-state index in [0.717, 1.165) is 43.9 Å². The molecule has 0 saturated carbocycles. The van der Waals surface area contributed by atoms with Crippen LogP contribution < -0.4 is 10.2 Å². The van der Waals surface area contributed by atoms with Gasteiger partial charge in [-0.15, -0.1) is 11.8 Å². The zero-order chi connectivity index (χ0) is 20.8. The van der Waals surface area contributed by atoms with E-state index in [1.54, 1.807) is 24.3 Å². The molecule has 1 fully saturated rings. The lowest BCUT2D eigenvalue weighted by Crippen LogP contribution is -2.29. The number of halogens is 2. The summed E-state index contributed by atoms with van der Waals surface area (Å²) in [6.07, 6.45) is 4.44. The lowest BCUT2D eigenvalue weighted by Gasteiger charge is -2.26. The average molecular weight is 419 g/mol. The Kier molecular flexibility index (Phi) is 7.25. The third-order valence-corrected chi connectivity index (χ3v) is 5.99. The highest BCUT2D eigenvalue weighted by Crippen LogP contribution is 2.45. The van der Waals surface area contributed by atoms with Gasteiger partial charge < -0.3 is 5.32 Å². The first-order valence-electron chi connectivity index (χ1n) is 9.78. The fraction of sp³-hybridized carbons (Fsp3) is 0.364. The highest BCUT2D eigenvalue weighted by Gasteiger charge is 2.37. The number of hydrogen-bond acceptors (Lipinski definition) is 3. The zero-order valence-corrected chi connectivity index (χ0v) is 17.1. The summed E-state index contributed by atoms with van der Waals surface area (Å²) in [6.45, 7) is 2.12. The largest absolute Gasteiger partial charge is 0.326 e. The number of carbonyl (C=O) groups excluding carboxylic acids is 2. The molecule has 2 amide bonds. The van der Waals surface area contributed by atoms with E-state index >= 15 is 0 Å². The second kappa shape index (κ2) is 9.87. The number of thioether (sulfide) groups is 1. The van der Waals surface area contributed by atoms with Gasteiger partial charge in [-0.05, 0) is 24.6 Å². The Bertz CT molecular complexity index is 891. The molecule has 2 aromatic carbocycles. The molecule has 0 unspecified atom stereocenters. The van der Waals surface area contributed by atoms with Gasteiger partial charge in [-0.25, -0.2) is 8.78 Å². The Morgan fingerprint density at radius 1 is 1.17 bits per heavy atom. The van der Waals surface area contributed by atoms with E-state index in [2.05, 4.69) is 12.2 Å². The highest BCUT2D eigenvalue weighted by molar-refractivity contribution is 8.00. The first kappa shape index (κ1) is 21.3. The van der Waals surface area contributed by atoms with Crippen molar-refractivity contribution < 1.29 is 18.4 Å². The topological polar surface area (TPSA) is 49.4 Å². The van der Waals surface area contributed by atoms with Gasteiger partial charge in [-0.3, -0.25) is 14.5 Å². The first-order valence-corrected chi connectivity index (χ1v) is 10.8. The molecule has 1 N–H and O–H groups in total. The van der Waals surface area contributed by atoms with Crippen LogP contribution in [0.2, 0.25) is 0 Å². The molecule has 0 aliphatic carbocycles. The molecule has 0 radical (unpaired) electrons. The molecule has 0 aromatic heterocycles. The third-order valence-electron chi connectivity index (χ3n) is 4.79. The minimum atomic E-state index is -0.662. The predicted molar refractivity (Wildman–Crippen MR) is 113 cm³/mol. The van der Waals surface area contributed by atoms with Gasteiger partial charge in [-0.2, -0.15) is 0 Å². The predicted octanol–water partition coefficient (Wildman–Crippen LogP) is 5.65. The van der Waals surface area contributed by atoms with Crippen molar-refractivity contribution in [2.24, 2.45) is 0 Å². The van der Waals surface area contributed by atoms with Crippen LogP contribution in [0.5, 0.6) is 0 Å². The second-order valence-electron chi connectivity index (χ2n) is 6.97. The van der Waals surface area contributed by atoms with Gasteiger partial charge >= 0.3 is 0 Å². The van der Waals surface area contributed by atoms with Crippen molar-refractivity contribution in [2.75, 3.05) is 16.0 Å². The molecule has 1 aliphatic rings. The van der Waals surface area contributed by atoms with E-state index in [1.807, 2.05) is 0 Å². The van der Waals surface area contributed by atoms with E-state index in [4.69, 9.17) is 0 Å². The molecule has 4 nitrogen and oxygen atoms in total. The molecule has 3 rings (SSSR count). The summed E-state index contributed by atoms with van der Waals surface area (Å²) in [4.78, 5) is 26.1. The van der Waals surface area contributed by atoms with Crippen LogP contribution in [0, 0.1) is 11.6 Å². The smallest absolute Gasteiger partial charge is 0.238 e. The minimum Gasteiger partial charge on any atom is -0.326 e. The van der Waals surface area contributed by atoms with E-state index in [9.17, 15) is 18.4 Å². The molecular formula is C22H24F2N2O2S. The Morgan fingerprint density at radius 2 is 1.97 bits per heavy atom. The number of anilines is 2. The van der Waals surface area contributed by atoms with Crippen LogP contribution in [0.4, 0.5) is 20.2 Å². The summed E-state index contributed by atoms with van der Waals surface area (Å²) in [5.41, 5.74) is 1.18. The summed E-state index contributed by atoms with van der Waals surface area (Å²) in [7, 11) is 0. The van der Waals surface area contributed by atoms with Gasteiger partial charge in [0.05, 0.1) is 11.4 Å². The van der Waals surface area contributed by atoms with Crippen LogP contribution in [0.3, 0.4) is 0 Å². The number of hydrogen-bond donors (Lipinski definition) is 1. The van der Waals surface area contributed by atoms with Crippen molar-refractivity contribution in [1.82, 2.24) is 0 Å². The quantitative estimate of drug-likeness (QED) is 0.564. The van der Waals surface area contributed by atoms with Crippen molar-refractivity contribution in [3.63, 3.8) is 0 Å². The van der Waals surface area contributed by atoms with Crippen LogP contribution in [0.1, 0.15) is 50.0 Å². The summed E-state index contributed by atoms with van der Waals surface area (Å²) < 4.78 is 28.1. The number of rotatable bonds is 8. The fourth-order valence-corrected chi connectivity index (χ4v) is 4.54. The van der Waals surface area contributed by atoms with E-state index in [0.29, 0.717) is 17.7 Å². The zero-order valence-electron chi connectivity index (χ0n) is 16.3.